The summed E-state index contributed by atoms with van der Waals surface area (Å²) in [7, 11) is -2.26. The number of halogens is 1. The molecule has 0 fully saturated rings. The van der Waals surface area contributed by atoms with Crippen LogP contribution in [0.2, 0.25) is 5.02 Å². The van der Waals surface area contributed by atoms with Gasteiger partial charge in [-0.05, 0) is 67.4 Å². The Morgan fingerprint density at radius 3 is 2.23 bits per heavy atom. The standard InChI is InChI=1S/C23H23ClN2O3S/c1-16-15-19(23(27)25-17(2)18-7-5-4-6-8-18)9-14-22(16)26(3)30(28,29)21-12-10-20(24)11-13-21/h4-15,17H,1-3H3,(H,25,27). The van der Waals surface area contributed by atoms with Crippen LogP contribution < -0.4 is 9.62 Å². The highest BCUT2D eigenvalue weighted by atomic mass is 35.5. The van der Waals surface area contributed by atoms with E-state index in [1.165, 1.54) is 35.6 Å². The predicted molar refractivity (Wildman–Crippen MR) is 121 cm³/mol. The zero-order valence-electron chi connectivity index (χ0n) is 17.0. The molecule has 0 aliphatic heterocycles. The summed E-state index contributed by atoms with van der Waals surface area (Å²) in [6.07, 6.45) is 0. The Balaban J connectivity index is 1.80. The molecule has 156 valence electrons. The van der Waals surface area contributed by atoms with Crippen molar-refractivity contribution < 1.29 is 13.2 Å². The third-order valence-corrected chi connectivity index (χ3v) is 6.96. The maximum Gasteiger partial charge on any atom is 0.264 e. The first-order valence-electron chi connectivity index (χ1n) is 9.41. The maximum atomic E-state index is 12.9. The molecule has 0 aliphatic carbocycles. The lowest BCUT2D eigenvalue weighted by molar-refractivity contribution is 0.0940. The topological polar surface area (TPSA) is 66.5 Å². The Labute approximate surface area is 182 Å². The smallest absolute Gasteiger partial charge is 0.264 e. The zero-order chi connectivity index (χ0) is 21.9. The van der Waals surface area contributed by atoms with Crippen LogP contribution in [0.3, 0.4) is 0 Å². The van der Waals surface area contributed by atoms with E-state index in [0.717, 1.165) is 5.56 Å². The second-order valence-electron chi connectivity index (χ2n) is 7.03. The van der Waals surface area contributed by atoms with Gasteiger partial charge in [-0.15, -0.1) is 0 Å². The van der Waals surface area contributed by atoms with E-state index in [-0.39, 0.29) is 16.8 Å². The van der Waals surface area contributed by atoms with Crippen LogP contribution in [0.4, 0.5) is 5.69 Å². The number of rotatable bonds is 6. The lowest BCUT2D eigenvalue weighted by Gasteiger charge is -2.22. The fraction of sp³-hybridized carbons (Fsp3) is 0.174. The van der Waals surface area contributed by atoms with Crippen LogP contribution >= 0.6 is 11.6 Å². The van der Waals surface area contributed by atoms with Gasteiger partial charge < -0.3 is 5.32 Å². The number of carbonyl (C=O) groups is 1. The lowest BCUT2D eigenvalue weighted by atomic mass is 10.1. The van der Waals surface area contributed by atoms with Crippen molar-refractivity contribution in [2.24, 2.45) is 0 Å². The van der Waals surface area contributed by atoms with Gasteiger partial charge in [-0.25, -0.2) is 8.42 Å². The molecule has 5 nitrogen and oxygen atoms in total. The third-order valence-electron chi connectivity index (χ3n) is 4.92. The van der Waals surface area contributed by atoms with Gasteiger partial charge in [0.2, 0.25) is 0 Å². The van der Waals surface area contributed by atoms with Crippen LogP contribution in [0.5, 0.6) is 0 Å². The molecular weight excluding hydrogens is 420 g/mol. The molecule has 0 saturated carbocycles. The van der Waals surface area contributed by atoms with Gasteiger partial charge in [-0.3, -0.25) is 9.10 Å². The second kappa shape index (κ2) is 8.90. The molecule has 3 rings (SSSR count). The number of amides is 1. The first-order valence-corrected chi connectivity index (χ1v) is 11.2. The number of hydrogen-bond acceptors (Lipinski definition) is 3. The monoisotopic (exact) mass is 442 g/mol. The van der Waals surface area contributed by atoms with E-state index < -0.39 is 10.0 Å². The Kier molecular flexibility index (Phi) is 6.48. The minimum absolute atomic E-state index is 0.146. The zero-order valence-corrected chi connectivity index (χ0v) is 18.5. The summed E-state index contributed by atoms with van der Waals surface area (Å²) in [5, 5.41) is 3.43. The highest BCUT2D eigenvalue weighted by Crippen LogP contribution is 2.27. The summed E-state index contributed by atoms with van der Waals surface area (Å²) in [6.45, 7) is 3.70. The lowest BCUT2D eigenvalue weighted by Crippen LogP contribution is -2.28. The fourth-order valence-electron chi connectivity index (χ4n) is 3.15. The summed E-state index contributed by atoms with van der Waals surface area (Å²) in [4.78, 5) is 12.8. The third kappa shape index (κ3) is 4.66. The second-order valence-corrected chi connectivity index (χ2v) is 9.44. The summed E-state index contributed by atoms with van der Waals surface area (Å²) >= 11 is 5.86. The molecular formula is C23H23ClN2O3S. The molecule has 3 aromatic rings. The highest BCUT2D eigenvalue weighted by molar-refractivity contribution is 7.92. The molecule has 3 aromatic carbocycles. The van der Waals surface area contributed by atoms with Gasteiger partial charge in [-0.2, -0.15) is 0 Å². The number of hydrogen-bond donors (Lipinski definition) is 1. The van der Waals surface area contributed by atoms with Crippen molar-refractivity contribution in [1.82, 2.24) is 5.32 Å². The minimum atomic E-state index is -3.75. The van der Waals surface area contributed by atoms with Gasteiger partial charge in [0.1, 0.15) is 0 Å². The largest absolute Gasteiger partial charge is 0.346 e. The molecule has 1 N–H and O–H groups in total. The van der Waals surface area contributed by atoms with Crippen LogP contribution in [-0.2, 0) is 10.0 Å². The maximum absolute atomic E-state index is 12.9. The van der Waals surface area contributed by atoms with Gasteiger partial charge in [0.05, 0.1) is 16.6 Å². The van der Waals surface area contributed by atoms with E-state index in [1.807, 2.05) is 37.3 Å². The molecule has 0 spiro atoms. The molecule has 0 radical (unpaired) electrons. The Morgan fingerprint density at radius 2 is 1.63 bits per heavy atom. The normalized spacial score (nSPS) is 12.3. The minimum Gasteiger partial charge on any atom is -0.346 e. The van der Waals surface area contributed by atoms with Crippen molar-refractivity contribution in [1.29, 1.82) is 0 Å². The number of anilines is 1. The van der Waals surface area contributed by atoms with Crippen LogP contribution in [0.1, 0.15) is 34.5 Å². The van der Waals surface area contributed by atoms with E-state index in [0.29, 0.717) is 21.8 Å². The molecule has 0 saturated heterocycles. The Bertz CT molecular complexity index is 1150. The van der Waals surface area contributed by atoms with Crippen molar-refractivity contribution in [3.8, 4) is 0 Å². The van der Waals surface area contributed by atoms with E-state index in [4.69, 9.17) is 11.6 Å². The molecule has 1 amide bonds. The molecule has 7 heteroatoms. The van der Waals surface area contributed by atoms with Crippen LogP contribution in [0, 0.1) is 6.92 Å². The molecule has 30 heavy (non-hydrogen) atoms. The van der Waals surface area contributed by atoms with Crippen LogP contribution in [0.25, 0.3) is 0 Å². The van der Waals surface area contributed by atoms with Crippen molar-refractivity contribution in [2.75, 3.05) is 11.4 Å². The quantitative estimate of drug-likeness (QED) is 0.586. The van der Waals surface area contributed by atoms with E-state index >= 15 is 0 Å². The van der Waals surface area contributed by atoms with Crippen molar-refractivity contribution in [3.05, 3.63) is 94.5 Å². The molecule has 1 unspecified atom stereocenters. The number of benzene rings is 3. The summed E-state index contributed by atoms with van der Waals surface area (Å²) in [6, 6.07) is 20.5. The van der Waals surface area contributed by atoms with E-state index in [1.54, 1.807) is 25.1 Å². The number of nitrogens with one attached hydrogen (secondary N) is 1. The summed E-state index contributed by atoms with van der Waals surface area (Å²) < 4.78 is 27.0. The summed E-state index contributed by atoms with van der Waals surface area (Å²) in [5.74, 6) is -0.218. The van der Waals surface area contributed by atoms with Crippen molar-refractivity contribution >= 4 is 33.2 Å². The number of aryl methyl sites for hydroxylation is 1. The van der Waals surface area contributed by atoms with Gasteiger partial charge in [-0.1, -0.05) is 41.9 Å². The first-order chi connectivity index (χ1) is 14.2. The Hall–Kier alpha value is -2.83. The number of carbonyl (C=O) groups excluding carboxylic acids is 1. The fourth-order valence-corrected chi connectivity index (χ4v) is 4.54. The molecule has 1 atom stereocenters. The average molecular weight is 443 g/mol. The molecule has 0 heterocycles. The van der Waals surface area contributed by atoms with Crippen molar-refractivity contribution in [2.45, 2.75) is 24.8 Å². The van der Waals surface area contributed by atoms with Gasteiger partial charge in [0.15, 0.2) is 0 Å². The Morgan fingerprint density at radius 1 is 1.00 bits per heavy atom. The number of sulfonamides is 1. The van der Waals surface area contributed by atoms with Gasteiger partial charge >= 0.3 is 0 Å². The SMILES string of the molecule is Cc1cc(C(=O)NC(C)c2ccccc2)ccc1N(C)S(=O)(=O)c1ccc(Cl)cc1. The van der Waals surface area contributed by atoms with Crippen LogP contribution in [-0.4, -0.2) is 21.4 Å². The van der Waals surface area contributed by atoms with Crippen molar-refractivity contribution in [3.63, 3.8) is 0 Å². The van der Waals surface area contributed by atoms with Gasteiger partial charge in [0, 0.05) is 17.6 Å². The molecule has 0 aliphatic rings. The molecule has 0 bridgehead atoms. The number of nitrogens with zero attached hydrogens (tertiary/aromatic N) is 1. The summed E-state index contributed by atoms with van der Waals surface area (Å²) in [5.41, 5.74) is 2.65. The first kappa shape index (κ1) is 21.9. The average Bonchev–Trinajstić information content (AvgIpc) is 2.74. The van der Waals surface area contributed by atoms with Crippen LogP contribution in [0.15, 0.2) is 77.7 Å². The highest BCUT2D eigenvalue weighted by Gasteiger charge is 2.23. The van der Waals surface area contributed by atoms with Gasteiger partial charge in [0.25, 0.3) is 15.9 Å². The molecule has 0 aromatic heterocycles. The predicted octanol–water partition coefficient (Wildman–Crippen LogP) is 4.96. The van der Waals surface area contributed by atoms with E-state index in [9.17, 15) is 13.2 Å². The van der Waals surface area contributed by atoms with E-state index in [2.05, 4.69) is 5.32 Å².